The Balaban J connectivity index is 2.28. The van der Waals surface area contributed by atoms with Gasteiger partial charge < -0.3 is 10.2 Å². The molecule has 0 aliphatic carbocycles. The maximum atomic E-state index is 3.65. The van der Waals surface area contributed by atoms with E-state index in [4.69, 9.17) is 0 Å². The lowest BCUT2D eigenvalue weighted by molar-refractivity contribution is 0.273. The number of nitrogens with zero attached hydrogens (tertiary/aromatic N) is 1. The monoisotopic (exact) mass is 288 g/mol. The van der Waals surface area contributed by atoms with Crippen LogP contribution in [0.1, 0.15) is 53.5 Å². The van der Waals surface area contributed by atoms with Crippen molar-refractivity contribution in [2.45, 2.75) is 65.5 Å². The minimum absolute atomic E-state index is 0.193. The molecular formula is C19H32N2. The molecule has 1 N–H and O–H groups in total. The second-order valence-electron chi connectivity index (χ2n) is 7.51. The molecule has 0 amide bonds. The van der Waals surface area contributed by atoms with E-state index in [-0.39, 0.29) is 5.41 Å². The van der Waals surface area contributed by atoms with Crippen molar-refractivity contribution in [2.24, 2.45) is 5.92 Å². The molecule has 0 aromatic heterocycles. The lowest BCUT2D eigenvalue weighted by Crippen LogP contribution is -2.53. The summed E-state index contributed by atoms with van der Waals surface area (Å²) in [7, 11) is 0. The average molecular weight is 288 g/mol. The van der Waals surface area contributed by atoms with Gasteiger partial charge in [0.05, 0.1) is 0 Å². The van der Waals surface area contributed by atoms with Gasteiger partial charge in [-0.1, -0.05) is 52.8 Å². The summed E-state index contributed by atoms with van der Waals surface area (Å²) in [5, 5.41) is 3.65. The van der Waals surface area contributed by atoms with Gasteiger partial charge in [0.1, 0.15) is 0 Å². The minimum atomic E-state index is 0.193. The van der Waals surface area contributed by atoms with Crippen molar-refractivity contribution >= 4 is 5.69 Å². The smallest absolute Gasteiger partial charge is 0.0406 e. The van der Waals surface area contributed by atoms with Crippen molar-refractivity contribution in [3.8, 4) is 0 Å². The van der Waals surface area contributed by atoms with Gasteiger partial charge in [-0.15, -0.1) is 0 Å². The Hall–Kier alpha value is -1.02. The fraction of sp³-hybridized carbons (Fsp3) is 0.684. The van der Waals surface area contributed by atoms with Crippen molar-refractivity contribution in [3.63, 3.8) is 0 Å². The molecule has 3 unspecified atom stereocenters. The standard InChI is InChI=1S/C19H32N2/c1-7-20-17-12-13-21(15(3)14(17)2)18-11-9-8-10-16(18)19(4,5)6/h8-11,14-15,17,20H,7,12-13H2,1-6H3. The number of rotatable bonds is 3. The van der Waals surface area contributed by atoms with Crippen LogP contribution in [0.4, 0.5) is 5.69 Å². The van der Waals surface area contributed by atoms with Crippen molar-refractivity contribution < 1.29 is 0 Å². The molecule has 2 nitrogen and oxygen atoms in total. The van der Waals surface area contributed by atoms with Crippen LogP contribution in [-0.4, -0.2) is 25.2 Å². The van der Waals surface area contributed by atoms with Crippen molar-refractivity contribution in [2.75, 3.05) is 18.0 Å². The van der Waals surface area contributed by atoms with Gasteiger partial charge in [0.15, 0.2) is 0 Å². The summed E-state index contributed by atoms with van der Waals surface area (Å²) in [6.45, 7) is 16.1. The van der Waals surface area contributed by atoms with Gasteiger partial charge in [-0.25, -0.2) is 0 Å². The fourth-order valence-electron chi connectivity index (χ4n) is 3.61. The second kappa shape index (κ2) is 6.39. The molecule has 0 saturated carbocycles. The third kappa shape index (κ3) is 3.42. The zero-order valence-electron chi connectivity index (χ0n) is 14.6. The highest BCUT2D eigenvalue weighted by Crippen LogP contribution is 2.36. The number of hydrogen-bond acceptors (Lipinski definition) is 2. The molecule has 1 saturated heterocycles. The summed E-state index contributed by atoms with van der Waals surface area (Å²) >= 11 is 0. The van der Waals surface area contributed by atoms with Gasteiger partial charge >= 0.3 is 0 Å². The minimum Gasteiger partial charge on any atom is -0.368 e. The highest BCUT2D eigenvalue weighted by Gasteiger charge is 2.33. The number of hydrogen-bond donors (Lipinski definition) is 1. The zero-order chi connectivity index (χ0) is 15.6. The number of benzene rings is 1. The maximum Gasteiger partial charge on any atom is 0.0406 e. The Morgan fingerprint density at radius 2 is 1.86 bits per heavy atom. The predicted molar refractivity (Wildman–Crippen MR) is 93.2 cm³/mol. The molecule has 2 rings (SSSR count). The van der Waals surface area contributed by atoms with Gasteiger partial charge in [0.2, 0.25) is 0 Å². The molecule has 1 heterocycles. The molecule has 21 heavy (non-hydrogen) atoms. The van der Waals surface area contributed by atoms with E-state index in [1.165, 1.54) is 17.7 Å². The summed E-state index contributed by atoms with van der Waals surface area (Å²) in [5.74, 6) is 0.673. The predicted octanol–water partition coefficient (Wildman–Crippen LogP) is 4.20. The third-order valence-electron chi connectivity index (χ3n) is 5.06. The van der Waals surface area contributed by atoms with E-state index in [1.54, 1.807) is 0 Å². The van der Waals surface area contributed by atoms with Gasteiger partial charge in [-0.2, -0.15) is 0 Å². The van der Waals surface area contributed by atoms with E-state index in [0.717, 1.165) is 13.1 Å². The maximum absolute atomic E-state index is 3.65. The Kier molecular flexibility index (Phi) is 4.98. The van der Waals surface area contributed by atoms with Gasteiger partial charge in [0.25, 0.3) is 0 Å². The van der Waals surface area contributed by atoms with E-state index in [1.807, 2.05) is 0 Å². The molecular weight excluding hydrogens is 256 g/mol. The Labute approximate surface area is 130 Å². The van der Waals surface area contributed by atoms with E-state index >= 15 is 0 Å². The summed E-state index contributed by atoms with van der Waals surface area (Å²) < 4.78 is 0. The highest BCUT2D eigenvalue weighted by atomic mass is 15.2. The molecule has 1 aromatic rings. The van der Waals surface area contributed by atoms with Crippen LogP contribution < -0.4 is 10.2 Å². The van der Waals surface area contributed by atoms with E-state index < -0.39 is 0 Å². The molecule has 0 radical (unpaired) electrons. The van der Waals surface area contributed by atoms with Gasteiger partial charge in [-0.05, 0) is 42.9 Å². The van der Waals surface area contributed by atoms with Crippen LogP contribution in [0, 0.1) is 5.92 Å². The molecule has 1 aliphatic rings. The van der Waals surface area contributed by atoms with Crippen LogP contribution in [0.5, 0.6) is 0 Å². The van der Waals surface area contributed by atoms with Crippen LogP contribution >= 0.6 is 0 Å². The van der Waals surface area contributed by atoms with Crippen molar-refractivity contribution in [1.29, 1.82) is 0 Å². The number of nitrogens with one attached hydrogen (secondary N) is 1. The first kappa shape index (κ1) is 16.4. The quantitative estimate of drug-likeness (QED) is 0.897. The number of para-hydroxylation sites is 1. The topological polar surface area (TPSA) is 15.3 Å². The Morgan fingerprint density at radius 3 is 2.48 bits per heavy atom. The van der Waals surface area contributed by atoms with Crippen LogP contribution in [-0.2, 0) is 5.41 Å². The lowest BCUT2D eigenvalue weighted by Gasteiger charge is -2.45. The van der Waals surface area contributed by atoms with Crippen LogP contribution in [0.15, 0.2) is 24.3 Å². The summed E-state index contributed by atoms with van der Waals surface area (Å²) in [6.07, 6.45) is 1.23. The number of piperidine rings is 1. The van der Waals surface area contributed by atoms with Gasteiger partial charge in [-0.3, -0.25) is 0 Å². The SMILES string of the molecule is CCNC1CCN(c2ccccc2C(C)(C)C)C(C)C1C. The zero-order valence-corrected chi connectivity index (χ0v) is 14.6. The molecule has 3 atom stereocenters. The van der Waals surface area contributed by atoms with Gasteiger partial charge in [0, 0.05) is 24.3 Å². The van der Waals surface area contributed by atoms with Crippen molar-refractivity contribution in [3.05, 3.63) is 29.8 Å². The van der Waals surface area contributed by atoms with Crippen LogP contribution in [0.3, 0.4) is 0 Å². The molecule has 1 aromatic carbocycles. The summed E-state index contributed by atoms with van der Waals surface area (Å²) in [6, 6.07) is 10.2. The van der Waals surface area contributed by atoms with E-state index in [2.05, 4.69) is 76.0 Å². The third-order valence-corrected chi connectivity index (χ3v) is 5.06. The Morgan fingerprint density at radius 1 is 1.19 bits per heavy atom. The molecule has 0 bridgehead atoms. The van der Waals surface area contributed by atoms with Crippen LogP contribution in [0.2, 0.25) is 0 Å². The number of anilines is 1. The first-order valence-corrected chi connectivity index (χ1v) is 8.45. The van der Waals surface area contributed by atoms with Crippen LogP contribution in [0.25, 0.3) is 0 Å². The van der Waals surface area contributed by atoms with E-state index in [9.17, 15) is 0 Å². The molecule has 1 aliphatic heterocycles. The molecule has 118 valence electrons. The Bertz CT molecular complexity index is 461. The first-order valence-electron chi connectivity index (χ1n) is 8.45. The molecule has 1 fully saturated rings. The van der Waals surface area contributed by atoms with Crippen molar-refractivity contribution in [1.82, 2.24) is 5.32 Å². The summed E-state index contributed by atoms with van der Waals surface area (Å²) in [4.78, 5) is 2.62. The van der Waals surface area contributed by atoms with E-state index in [0.29, 0.717) is 18.0 Å². The lowest BCUT2D eigenvalue weighted by atomic mass is 9.82. The first-order chi connectivity index (χ1) is 9.86. The molecule has 0 spiro atoms. The largest absolute Gasteiger partial charge is 0.368 e. The normalized spacial score (nSPS) is 27.0. The second-order valence-corrected chi connectivity index (χ2v) is 7.51. The fourth-order valence-corrected chi connectivity index (χ4v) is 3.61. The summed E-state index contributed by atoms with van der Waals surface area (Å²) in [5.41, 5.74) is 3.09. The highest BCUT2D eigenvalue weighted by molar-refractivity contribution is 5.57. The molecule has 2 heteroatoms. The average Bonchev–Trinajstić information content (AvgIpc) is 2.43.